The predicted molar refractivity (Wildman–Crippen MR) is 78.3 cm³/mol. The monoisotopic (exact) mass is 292 g/mol. The van der Waals surface area contributed by atoms with Crippen molar-refractivity contribution in [2.45, 2.75) is 25.7 Å². The van der Waals surface area contributed by atoms with Crippen LogP contribution in [0.5, 0.6) is 0 Å². The average molecular weight is 292 g/mol. The van der Waals surface area contributed by atoms with E-state index in [0.717, 1.165) is 17.7 Å². The number of thiazole rings is 1. The molecule has 1 amide bonds. The van der Waals surface area contributed by atoms with E-state index in [4.69, 9.17) is 0 Å². The van der Waals surface area contributed by atoms with Crippen LogP contribution in [0.25, 0.3) is 0 Å². The van der Waals surface area contributed by atoms with E-state index in [9.17, 15) is 9.18 Å². The second kappa shape index (κ2) is 6.13. The fraction of sp³-hybridized carbons (Fsp3) is 0.333. The van der Waals surface area contributed by atoms with Gasteiger partial charge in [-0.3, -0.25) is 4.79 Å². The van der Waals surface area contributed by atoms with Crippen molar-refractivity contribution in [1.29, 1.82) is 0 Å². The van der Waals surface area contributed by atoms with E-state index in [1.165, 1.54) is 12.1 Å². The molecule has 0 bridgehead atoms. The van der Waals surface area contributed by atoms with Crippen molar-refractivity contribution >= 4 is 17.2 Å². The molecule has 0 unspecified atom stereocenters. The van der Waals surface area contributed by atoms with E-state index < -0.39 is 5.41 Å². The Morgan fingerprint density at radius 3 is 2.65 bits per heavy atom. The van der Waals surface area contributed by atoms with Crippen LogP contribution in [0.3, 0.4) is 0 Å². The summed E-state index contributed by atoms with van der Waals surface area (Å²) in [6.45, 7) is 4.21. The summed E-state index contributed by atoms with van der Waals surface area (Å²) < 4.78 is 12.9. The van der Waals surface area contributed by atoms with Crippen LogP contribution in [0.2, 0.25) is 0 Å². The molecule has 0 spiro atoms. The van der Waals surface area contributed by atoms with Gasteiger partial charge in [-0.1, -0.05) is 12.1 Å². The van der Waals surface area contributed by atoms with Gasteiger partial charge in [0.15, 0.2) is 0 Å². The van der Waals surface area contributed by atoms with Gasteiger partial charge in [-0.2, -0.15) is 0 Å². The number of amides is 1. The number of aromatic nitrogens is 1. The Morgan fingerprint density at radius 2 is 2.05 bits per heavy atom. The maximum Gasteiger partial charge on any atom is 0.230 e. The lowest BCUT2D eigenvalue weighted by Gasteiger charge is -2.24. The topological polar surface area (TPSA) is 42.0 Å². The van der Waals surface area contributed by atoms with Crippen LogP contribution in [0.15, 0.2) is 35.2 Å². The van der Waals surface area contributed by atoms with E-state index in [-0.39, 0.29) is 11.7 Å². The molecule has 0 atom stereocenters. The first-order valence-electron chi connectivity index (χ1n) is 6.41. The van der Waals surface area contributed by atoms with Crippen LogP contribution in [-0.4, -0.2) is 17.4 Å². The summed E-state index contributed by atoms with van der Waals surface area (Å²) in [5.74, 6) is -0.368. The Bertz CT molecular complexity index is 564. The second-order valence-corrected chi connectivity index (χ2v) is 5.84. The number of nitrogens with one attached hydrogen (secondary N) is 1. The number of carbonyl (C=O) groups is 1. The zero-order valence-electron chi connectivity index (χ0n) is 11.5. The van der Waals surface area contributed by atoms with Gasteiger partial charge in [0.05, 0.1) is 16.6 Å². The molecule has 0 fully saturated rings. The molecule has 0 saturated carbocycles. The molecule has 3 nitrogen and oxygen atoms in total. The van der Waals surface area contributed by atoms with Crippen molar-refractivity contribution < 1.29 is 9.18 Å². The van der Waals surface area contributed by atoms with E-state index in [2.05, 4.69) is 10.3 Å². The molecule has 106 valence electrons. The number of nitrogens with zero attached hydrogens (tertiary/aromatic N) is 1. The fourth-order valence-electron chi connectivity index (χ4n) is 1.88. The number of halogens is 1. The van der Waals surface area contributed by atoms with E-state index in [1.807, 2.05) is 19.2 Å². The lowest BCUT2D eigenvalue weighted by Crippen LogP contribution is -2.40. The first-order valence-corrected chi connectivity index (χ1v) is 7.36. The fourth-order valence-corrected chi connectivity index (χ4v) is 2.48. The number of carbonyl (C=O) groups excluding carboxylic acids is 1. The molecule has 0 saturated heterocycles. The van der Waals surface area contributed by atoms with Gasteiger partial charge in [-0.05, 0) is 31.5 Å². The van der Waals surface area contributed by atoms with Crippen molar-refractivity contribution in [2.75, 3.05) is 6.54 Å². The predicted octanol–water partition coefficient (Wildman–Crippen LogP) is 2.92. The number of rotatable bonds is 5. The highest BCUT2D eigenvalue weighted by Gasteiger charge is 2.29. The molecule has 20 heavy (non-hydrogen) atoms. The van der Waals surface area contributed by atoms with Crippen LogP contribution < -0.4 is 5.32 Å². The van der Waals surface area contributed by atoms with Crippen molar-refractivity contribution in [3.63, 3.8) is 0 Å². The van der Waals surface area contributed by atoms with Gasteiger partial charge < -0.3 is 5.32 Å². The lowest BCUT2D eigenvalue weighted by atomic mass is 9.83. The SMILES string of the molecule is CC(C)(C(=O)NCCc1cscn1)c1ccc(F)cc1. The van der Waals surface area contributed by atoms with Crippen LogP contribution in [0.1, 0.15) is 25.1 Å². The zero-order valence-corrected chi connectivity index (χ0v) is 12.3. The highest BCUT2D eigenvalue weighted by molar-refractivity contribution is 7.07. The van der Waals surface area contributed by atoms with E-state index >= 15 is 0 Å². The first-order chi connectivity index (χ1) is 9.50. The average Bonchev–Trinajstić information content (AvgIpc) is 2.92. The molecule has 0 aliphatic heterocycles. The lowest BCUT2D eigenvalue weighted by molar-refractivity contribution is -0.125. The minimum Gasteiger partial charge on any atom is -0.355 e. The standard InChI is InChI=1S/C15H17FN2OS/c1-15(2,11-3-5-12(16)6-4-11)14(19)17-8-7-13-9-20-10-18-13/h3-6,9-10H,7-8H2,1-2H3,(H,17,19). The van der Waals surface area contributed by atoms with Crippen LogP contribution >= 0.6 is 11.3 Å². The summed E-state index contributed by atoms with van der Waals surface area (Å²) >= 11 is 1.54. The van der Waals surface area contributed by atoms with Gasteiger partial charge in [0.25, 0.3) is 0 Å². The molecule has 0 aliphatic rings. The van der Waals surface area contributed by atoms with Crippen molar-refractivity contribution in [2.24, 2.45) is 0 Å². The number of benzene rings is 1. The minimum atomic E-state index is -0.685. The van der Waals surface area contributed by atoms with Crippen molar-refractivity contribution in [3.8, 4) is 0 Å². The minimum absolute atomic E-state index is 0.0701. The molecule has 2 aromatic rings. The molecule has 1 aromatic heterocycles. The van der Waals surface area contributed by atoms with Gasteiger partial charge in [-0.25, -0.2) is 9.37 Å². The molecule has 1 heterocycles. The Hall–Kier alpha value is -1.75. The van der Waals surface area contributed by atoms with Crippen LogP contribution in [-0.2, 0) is 16.6 Å². The molecule has 1 N–H and O–H groups in total. The van der Waals surface area contributed by atoms with Crippen LogP contribution in [0, 0.1) is 5.82 Å². The number of hydrogen-bond donors (Lipinski definition) is 1. The molecule has 1 aromatic carbocycles. The molecular formula is C15H17FN2OS. The summed E-state index contributed by atoms with van der Waals surface area (Å²) in [6.07, 6.45) is 0.717. The summed E-state index contributed by atoms with van der Waals surface area (Å²) in [4.78, 5) is 16.4. The highest BCUT2D eigenvalue weighted by Crippen LogP contribution is 2.23. The Morgan fingerprint density at radius 1 is 1.35 bits per heavy atom. The summed E-state index contributed by atoms with van der Waals surface area (Å²) in [5.41, 5.74) is 2.87. The molecule has 0 radical (unpaired) electrons. The molecular weight excluding hydrogens is 275 g/mol. The summed E-state index contributed by atoms with van der Waals surface area (Å²) in [6, 6.07) is 6.05. The van der Waals surface area contributed by atoms with Crippen molar-refractivity contribution in [1.82, 2.24) is 10.3 Å². The maximum atomic E-state index is 12.9. The smallest absolute Gasteiger partial charge is 0.230 e. The van der Waals surface area contributed by atoms with Gasteiger partial charge in [-0.15, -0.1) is 11.3 Å². The van der Waals surface area contributed by atoms with Gasteiger partial charge in [0, 0.05) is 18.3 Å². The third kappa shape index (κ3) is 3.42. The maximum absolute atomic E-state index is 12.9. The third-order valence-corrected chi connectivity index (χ3v) is 3.92. The quantitative estimate of drug-likeness (QED) is 0.920. The second-order valence-electron chi connectivity index (χ2n) is 5.12. The normalized spacial score (nSPS) is 11.3. The highest BCUT2D eigenvalue weighted by atomic mass is 32.1. The van der Waals surface area contributed by atoms with Gasteiger partial charge in [0.1, 0.15) is 5.82 Å². The molecule has 2 rings (SSSR count). The third-order valence-electron chi connectivity index (χ3n) is 3.28. The number of hydrogen-bond acceptors (Lipinski definition) is 3. The van der Waals surface area contributed by atoms with E-state index in [1.54, 1.807) is 29.0 Å². The molecule has 0 aliphatic carbocycles. The van der Waals surface area contributed by atoms with Crippen LogP contribution in [0.4, 0.5) is 4.39 Å². The zero-order chi connectivity index (χ0) is 14.6. The van der Waals surface area contributed by atoms with Crippen molar-refractivity contribution in [3.05, 3.63) is 52.2 Å². The van der Waals surface area contributed by atoms with Gasteiger partial charge in [0.2, 0.25) is 5.91 Å². The first kappa shape index (κ1) is 14.7. The summed E-state index contributed by atoms with van der Waals surface area (Å²) in [7, 11) is 0. The summed E-state index contributed by atoms with van der Waals surface area (Å²) in [5, 5.41) is 4.88. The largest absolute Gasteiger partial charge is 0.355 e. The van der Waals surface area contributed by atoms with E-state index in [0.29, 0.717) is 6.54 Å². The Balaban J connectivity index is 1.94. The molecule has 5 heteroatoms. The van der Waals surface area contributed by atoms with Gasteiger partial charge >= 0.3 is 0 Å². The Labute approximate surface area is 121 Å². The Kier molecular flexibility index (Phi) is 4.49.